The number of nitrogens with zero attached hydrogens (tertiary/aromatic N) is 1. The molecule has 1 aliphatic heterocycles. The molecule has 4 heteroatoms. The predicted molar refractivity (Wildman–Crippen MR) is 78.5 cm³/mol. The Balaban J connectivity index is 2.49. The molecule has 1 aromatic carbocycles. The molecule has 0 spiro atoms. The number of benzene rings is 1. The normalized spacial score (nSPS) is 19.4. The van der Waals surface area contributed by atoms with E-state index in [9.17, 15) is 0 Å². The number of fused-ring (bicyclic) bond motifs is 1. The second-order valence-corrected chi connectivity index (χ2v) is 6.98. The molecule has 0 amide bonds. The van der Waals surface area contributed by atoms with E-state index in [1.165, 1.54) is 10.6 Å². The number of anilines is 1. The minimum Gasteiger partial charge on any atom is -0.492 e. The van der Waals surface area contributed by atoms with E-state index in [1.807, 2.05) is 19.1 Å². The first kappa shape index (κ1) is 13.0. The number of ether oxygens (including phenoxy) is 1. The summed E-state index contributed by atoms with van der Waals surface area (Å²) in [6, 6.07) is 6.22. The minimum absolute atomic E-state index is 0.0396. The van der Waals surface area contributed by atoms with Gasteiger partial charge < -0.3 is 9.64 Å². The van der Waals surface area contributed by atoms with Crippen molar-refractivity contribution in [3.05, 3.63) is 18.2 Å². The van der Waals surface area contributed by atoms with Gasteiger partial charge in [0.15, 0.2) is 0 Å². The smallest absolute Gasteiger partial charge is 0.143 e. The highest BCUT2D eigenvalue weighted by molar-refractivity contribution is 8.11. The van der Waals surface area contributed by atoms with E-state index in [0.29, 0.717) is 6.61 Å². The van der Waals surface area contributed by atoms with E-state index in [0.717, 1.165) is 5.75 Å². The molecule has 0 saturated carbocycles. The van der Waals surface area contributed by atoms with Crippen molar-refractivity contribution in [2.45, 2.75) is 42.8 Å². The predicted octanol–water partition coefficient (Wildman–Crippen LogP) is 4.01. The lowest BCUT2D eigenvalue weighted by molar-refractivity contribution is 0.338. The molecular formula is C13H19NOS2. The summed E-state index contributed by atoms with van der Waals surface area (Å²) < 4.78 is 5.89. The van der Waals surface area contributed by atoms with Gasteiger partial charge in [-0.05, 0) is 39.8 Å². The average Bonchev–Trinajstić information content (AvgIpc) is 2.54. The van der Waals surface area contributed by atoms with Crippen LogP contribution in [0.15, 0.2) is 23.1 Å². The van der Waals surface area contributed by atoms with Gasteiger partial charge in [0.05, 0.1) is 12.3 Å². The molecule has 0 bridgehead atoms. The zero-order valence-electron chi connectivity index (χ0n) is 10.7. The maximum absolute atomic E-state index is 5.73. The van der Waals surface area contributed by atoms with Gasteiger partial charge in [0.1, 0.15) is 10.5 Å². The highest BCUT2D eigenvalue weighted by atomic mass is 32.2. The quantitative estimate of drug-likeness (QED) is 0.815. The number of thioether (sulfide) groups is 1. The third-order valence-corrected chi connectivity index (χ3v) is 4.23. The molecule has 1 aliphatic rings. The summed E-state index contributed by atoms with van der Waals surface area (Å²) in [6.45, 7) is 9.31. The third-order valence-electron chi connectivity index (χ3n) is 2.68. The molecule has 0 radical (unpaired) electrons. The maximum Gasteiger partial charge on any atom is 0.143 e. The lowest BCUT2D eigenvalue weighted by Crippen LogP contribution is -2.43. The fourth-order valence-corrected chi connectivity index (χ4v) is 4.07. The Labute approximate surface area is 113 Å². The van der Waals surface area contributed by atoms with Gasteiger partial charge in [-0.15, -0.1) is 12.6 Å². The number of thiol groups is 1. The molecule has 0 saturated heterocycles. The Morgan fingerprint density at radius 1 is 1.41 bits per heavy atom. The molecule has 1 unspecified atom stereocenters. The van der Waals surface area contributed by atoms with Crippen molar-refractivity contribution in [1.29, 1.82) is 0 Å². The van der Waals surface area contributed by atoms with Crippen molar-refractivity contribution in [2.24, 2.45) is 0 Å². The van der Waals surface area contributed by atoms with Gasteiger partial charge in [0, 0.05) is 10.4 Å². The van der Waals surface area contributed by atoms with E-state index >= 15 is 0 Å². The molecule has 17 heavy (non-hydrogen) atoms. The lowest BCUT2D eigenvalue weighted by Gasteiger charge is -2.37. The van der Waals surface area contributed by atoms with Crippen LogP contribution in [0.3, 0.4) is 0 Å². The Morgan fingerprint density at radius 2 is 2.12 bits per heavy atom. The summed E-state index contributed by atoms with van der Waals surface area (Å²) in [5, 5.41) is 0. The second-order valence-electron chi connectivity index (χ2n) is 5.02. The van der Waals surface area contributed by atoms with Crippen molar-refractivity contribution >= 4 is 30.1 Å². The summed E-state index contributed by atoms with van der Waals surface area (Å²) >= 11 is 6.45. The standard InChI is InChI=1S/C13H19NOS2/c1-5-15-9-7-6-8-10-11(9)14(12(16)17-10)13(2,3)4/h6-8,12,16H,5H2,1-4H3. The topological polar surface area (TPSA) is 12.5 Å². The Kier molecular flexibility index (Phi) is 3.55. The van der Waals surface area contributed by atoms with Crippen LogP contribution < -0.4 is 9.64 Å². The zero-order valence-corrected chi connectivity index (χ0v) is 12.4. The van der Waals surface area contributed by atoms with Gasteiger partial charge in [-0.25, -0.2) is 0 Å². The molecule has 2 rings (SSSR count). The highest BCUT2D eigenvalue weighted by Crippen LogP contribution is 2.52. The van der Waals surface area contributed by atoms with E-state index in [1.54, 1.807) is 11.8 Å². The van der Waals surface area contributed by atoms with Gasteiger partial charge >= 0.3 is 0 Å². The van der Waals surface area contributed by atoms with E-state index in [2.05, 4.69) is 44.4 Å². The molecule has 0 aliphatic carbocycles. The molecule has 1 atom stereocenters. The van der Waals surface area contributed by atoms with Crippen LogP contribution >= 0.6 is 24.4 Å². The van der Waals surface area contributed by atoms with Crippen molar-refractivity contribution in [1.82, 2.24) is 0 Å². The molecule has 94 valence electrons. The van der Waals surface area contributed by atoms with Crippen LogP contribution in [-0.4, -0.2) is 16.9 Å². The highest BCUT2D eigenvalue weighted by Gasteiger charge is 2.37. The SMILES string of the molecule is CCOc1cccc2c1N(C(C)(C)C)C(S)S2. The fraction of sp³-hybridized carbons (Fsp3) is 0.538. The molecule has 2 nitrogen and oxygen atoms in total. The monoisotopic (exact) mass is 269 g/mol. The van der Waals surface area contributed by atoms with Gasteiger partial charge in [-0.2, -0.15) is 0 Å². The largest absolute Gasteiger partial charge is 0.492 e. The van der Waals surface area contributed by atoms with Crippen LogP contribution in [0.25, 0.3) is 0 Å². The second kappa shape index (κ2) is 4.65. The van der Waals surface area contributed by atoms with E-state index in [4.69, 9.17) is 4.74 Å². The molecule has 0 fully saturated rings. The first-order chi connectivity index (χ1) is 7.95. The van der Waals surface area contributed by atoms with Gasteiger partial charge in [-0.1, -0.05) is 17.8 Å². The first-order valence-corrected chi connectivity index (χ1v) is 7.24. The van der Waals surface area contributed by atoms with Gasteiger partial charge in [0.25, 0.3) is 0 Å². The number of rotatable bonds is 2. The van der Waals surface area contributed by atoms with Crippen molar-refractivity contribution in [3.8, 4) is 5.75 Å². The molecule has 1 heterocycles. The summed E-state index contributed by atoms with van der Waals surface area (Å²) in [5.74, 6) is 0.962. The summed E-state index contributed by atoms with van der Waals surface area (Å²) in [4.78, 5) is 3.58. The summed E-state index contributed by atoms with van der Waals surface area (Å²) in [5.41, 5.74) is 1.23. The lowest BCUT2D eigenvalue weighted by atomic mass is 10.1. The minimum atomic E-state index is 0.0396. The van der Waals surface area contributed by atoms with E-state index < -0.39 is 0 Å². The van der Waals surface area contributed by atoms with E-state index in [-0.39, 0.29) is 10.2 Å². The maximum atomic E-state index is 5.73. The molecular weight excluding hydrogens is 250 g/mol. The molecule has 1 aromatic rings. The van der Waals surface area contributed by atoms with Crippen LogP contribution in [0.1, 0.15) is 27.7 Å². The van der Waals surface area contributed by atoms with Crippen LogP contribution in [0.2, 0.25) is 0 Å². The number of hydrogen-bond donors (Lipinski definition) is 1. The summed E-state index contributed by atoms with van der Waals surface area (Å²) in [7, 11) is 0. The fourth-order valence-electron chi connectivity index (χ4n) is 2.05. The Morgan fingerprint density at radius 3 is 2.71 bits per heavy atom. The molecule has 0 aromatic heterocycles. The average molecular weight is 269 g/mol. The van der Waals surface area contributed by atoms with Crippen molar-refractivity contribution in [3.63, 3.8) is 0 Å². The first-order valence-electron chi connectivity index (χ1n) is 5.85. The Bertz CT molecular complexity index is 414. The van der Waals surface area contributed by atoms with Crippen molar-refractivity contribution in [2.75, 3.05) is 11.5 Å². The number of hydrogen-bond acceptors (Lipinski definition) is 4. The molecule has 0 N–H and O–H groups in total. The third kappa shape index (κ3) is 2.38. The Hall–Kier alpha value is -0.480. The van der Waals surface area contributed by atoms with Crippen LogP contribution in [0.4, 0.5) is 5.69 Å². The van der Waals surface area contributed by atoms with Crippen LogP contribution in [0.5, 0.6) is 5.75 Å². The zero-order chi connectivity index (χ0) is 12.6. The summed E-state index contributed by atoms with van der Waals surface area (Å²) in [6.07, 6.45) is 0. The number of para-hydroxylation sites is 1. The van der Waals surface area contributed by atoms with Crippen LogP contribution in [0, 0.1) is 0 Å². The van der Waals surface area contributed by atoms with Crippen molar-refractivity contribution < 1.29 is 4.74 Å². The van der Waals surface area contributed by atoms with Crippen LogP contribution in [-0.2, 0) is 0 Å². The van der Waals surface area contributed by atoms with Gasteiger partial charge in [-0.3, -0.25) is 0 Å². The van der Waals surface area contributed by atoms with Gasteiger partial charge in [0.2, 0.25) is 0 Å².